The van der Waals surface area contributed by atoms with Crippen molar-refractivity contribution in [3.05, 3.63) is 59.7 Å². The highest BCUT2D eigenvalue weighted by Crippen LogP contribution is 2.29. The molecule has 1 heterocycles. The summed E-state index contributed by atoms with van der Waals surface area (Å²) in [6.45, 7) is 6.05. The van der Waals surface area contributed by atoms with Gasteiger partial charge in [-0.2, -0.15) is 0 Å². The number of hydrogen-bond acceptors (Lipinski definition) is 4. The maximum atomic E-state index is 13.2. The SMILES string of the molecule is COCC(=O)Nc1ccc(N2CCC(C)CC2)c(C(=O)NC(C)c2ccccc2)c1. The molecule has 1 saturated heterocycles. The minimum absolute atomic E-state index is 0.0294. The van der Waals surface area contributed by atoms with Crippen LogP contribution in [0.15, 0.2) is 48.5 Å². The second-order valence-electron chi connectivity index (χ2n) is 7.99. The maximum Gasteiger partial charge on any atom is 0.253 e. The Morgan fingerprint density at radius 2 is 1.83 bits per heavy atom. The number of carbonyl (C=O) groups is 2. The molecule has 0 saturated carbocycles. The Morgan fingerprint density at radius 1 is 1.13 bits per heavy atom. The van der Waals surface area contributed by atoms with Gasteiger partial charge in [-0.15, -0.1) is 0 Å². The first-order valence-electron chi connectivity index (χ1n) is 10.5. The van der Waals surface area contributed by atoms with Crippen LogP contribution in [-0.4, -0.2) is 38.6 Å². The third-order valence-electron chi connectivity index (χ3n) is 5.57. The van der Waals surface area contributed by atoms with E-state index in [9.17, 15) is 9.59 Å². The van der Waals surface area contributed by atoms with E-state index in [1.54, 1.807) is 6.07 Å². The van der Waals surface area contributed by atoms with Gasteiger partial charge in [-0.1, -0.05) is 37.3 Å². The number of amides is 2. The highest BCUT2D eigenvalue weighted by molar-refractivity contribution is 6.02. The highest BCUT2D eigenvalue weighted by Gasteiger charge is 2.23. The molecule has 1 aliphatic heterocycles. The largest absolute Gasteiger partial charge is 0.375 e. The summed E-state index contributed by atoms with van der Waals surface area (Å²) in [6, 6.07) is 15.3. The van der Waals surface area contributed by atoms with Crippen LogP contribution < -0.4 is 15.5 Å². The fourth-order valence-electron chi connectivity index (χ4n) is 3.75. The summed E-state index contributed by atoms with van der Waals surface area (Å²) in [5.41, 5.74) is 3.11. The number of carbonyl (C=O) groups excluding carboxylic acids is 2. The molecule has 3 rings (SSSR count). The number of rotatable bonds is 7. The fourth-order valence-corrected chi connectivity index (χ4v) is 3.75. The zero-order valence-corrected chi connectivity index (χ0v) is 18.0. The number of nitrogens with zero attached hydrogens (tertiary/aromatic N) is 1. The molecular formula is C24H31N3O3. The molecule has 0 radical (unpaired) electrons. The smallest absolute Gasteiger partial charge is 0.253 e. The minimum atomic E-state index is -0.249. The van der Waals surface area contributed by atoms with Gasteiger partial charge in [0.15, 0.2) is 0 Å². The lowest BCUT2D eigenvalue weighted by atomic mass is 9.97. The van der Waals surface area contributed by atoms with E-state index in [0.717, 1.165) is 37.2 Å². The summed E-state index contributed by atoms with van der Waals surface area (Å²) in [7, 11) is 1.48. The molecule has 1 fully saturated rings. The fraction of sp³-hybridized carbons (Fsp3) is 0.417. The van der Waals surface area contributed by atoms with Crippen LogP contribution in [0.1, 0.15) is 48.7 Å². The molecule has 160 valence electrons. The first-order valence-corrected chi connectivity index (χ1v) is 10.5. The van der Waals surface area contributed by atoms with Gasteiger partial charge in [0, 0.05) is 31.6 Å². The molecule has 2 aromatic rings. The van der Waals surface area contributed by atoms with Crippen LogP contribution in [0.4, 0.5) is 11.4 Å². The van der Waals surface area contributed by atoms with Crippen molar-refractivity contribution in [2.45, 2.75) is 32.7 Å². The third kappa shape index (κ3) is 5.60. The van der Waals surface area contributed by atoms with Crippen LogP contribution in [0.5, 0.6) is 0 Å². The average molecular weight is 410 g/mol. The topological polar surface area (TPSA) is 70.7 Å². The number of piperidine rings is 1. The molecular weight excluding hydrogens is 378 g/mol. The lowest BCUT2D eigenvalue weighted by molar-refractivity contribution is -0.119. The van der Waals surface area contributed by atoms with Crippen LogP contribution in [0, 0.1) is 5.92 Å². The lowest BCUT2D eigenvalue weighted by Crippen LogP contribution is -2.35. The molecule has 0 aromatic heterocycles. The van der Waals surface area contributed by atoms with Gasteiger partial charge in [-0.3, -0.25) is 9.59 Å². The number of methoxy groups -OCH3 is 1. The molecule has 0 aliphatic carbocycles. The Hall–Kier alpha value is -2.86. The summed E-state index contributed by atoms with van der Waals surface area (Å²) in [4.78, 5) is 27.4. The molecule has 2 aromatic carbocycles. The molecule has 6 nitrogen and oxygen atoms in total. The van der Waals surface area contributed by atoms with Crippen LogP contribution in [0.25, 0.3) is 0 Å². The van der Waals surface area contributed by atoms with Gasteiger partial charge < -0.3 is 20.3 Å². The molecule has 0 bridgehead atoms. The summed E-state index contributed by atoms with van der Waals surface area (Å²) < 4.78 is 4.88. The van der Waals surface area contributed by atoms with Gasteiger partial charge in [0.1, 0.15) is 6.61 Å². The van der Waals surface area contributed by atoms with E-state index < -0.39 is 0 Å². The first-order chi connectivity index (χ1) is 14.5. The van der Waals surface area contributed by atoms with Gasteiger partial charge in [-0.25, -0.2) is 0 Å². The van der Waals surface area contributed by atoms with Crippen molar-refractivity contribution in [2.24, 2.45) is 5.92 Å². The van der Waals surface area contributed by atoms with Crippen molar-refractivity contribution in [3.8, 4) is 0 Å². The second-order valence-corrected chi connectivity index (χ2v) is 7.99. The van der Waals surface area contributed by atoms with Gasteiger partial charge in [-0.05, 0) is 49.4 Å². The number of ether oxygens (including phenoxy) is 1. The van der Waals surface area contributed by atoms with Crippen molar-refractivity contribution < 1.29 is 14.3 Å². The van der Waals surface area contributed by atoms with E-state index in [-0.39, 0.29) is 24.5 Å². The predicted octanol–water partition coefficient (Wildman–Crippen LogP) is 4.00. The molecule has 1 unspecified atom stereocenters. The van der Waals surface area contributed by atoms with Crippen LogP contribution in [0.2, 0.25) is 0 Å². The number of nitrogens with one attached hydrogen (secondary N) is 2. The van der Waals surface area contributed by atoms with E-state index in [0.29, 0.717) is 17.2 Å². The van der Waals surface area contributed by atoms with Gasteiger partial charge in [0.05, 0.1) is 11.6 Å². The summed E-state index contributed by atoms with van der Waals surface area (Å²) in [5, 5.41) is 5.90. The molecule has 2 N–H and O–H groups in total. The highest BCUT2D eigenvalue weighted by atomic mass is 16.5. The van der Waals surface area contributed by atoms with Crippen molar-refractivity contribution >= 4 is 23.2 Å². The monoisotopic (exact) mass is 409 g/mol. The van der Waals surface area contributed by atoms with Gasteiger partial charge in [0.25, 0.3) is 5.91 Å². The van der Waals surface area contributed by atoms with Crippen molar-refractivity contribution in [1.82, 2.24) is 5.32 Å². The Kier molecular flexibility index (Phi) is 7.46. The van der Waals surface area contributed by atoms with E-state index in [1.807, 2.05) is 49.4 Å². The number of benzene rings is 2. The molecule has 1 atom stereocenters. The Labute approximate surface area is 178 Å². The predicted molar refractivity (Wildman–Crippen MR) is 120 cm³/mol. The summed E-state index contributed by atoms with van der Waals surface area (Å²) in [6.07, 6.45) is 2.21. The molecule has 2 amide bonds. The zero-order chi connectivity index (χ0) is 21.5. The minimum Gasteiger partial charge on any atom is -0.375 e. The van der Waals surface area contributed by atoms with Gasteiger partial charge in [0.2, 0.25) is 5.91 Å². The lowest BCUT2D eigenvalue weighted by Gasteiger charge is -2.33. The van der Waals surface area contributed by atoms with Crippen LogP contribution in [0.3, 0.4) is 0 Å². The van der Waals surface area contributed by atoms with Gasteiger partial charge >= 0.3 is 0 Å². The van der Waals surface area contributed by atoms with Crippen molar-refractivity contribution in [3.63, 3.8) is 0 Å². The van der Waals surface area contributed by atoms with E-state index in [2.05, 4.69) is 22.5 Å². The molecule has 6 heteroatoms. The number of hydrogen-bond donors (Lipinski definition) is 2. The maximum absolute atomic E-state index is 13.2. The van der Waals surface area contributed by atoms with Crippen LogP contribution in [-0.2, 0) is 9.53 Å². The Balaban J connectivity index is 1.85. The van der Waals surface area contributed by atoms with E-state index in [1.165, 1.54) is 7.11 Å². The van der Waals surface area contributed by atoms with E-state index in [4.69, 9.17) is 4.74 Å². The average Bonchev–Trinajstić information content (AvgIpc) is 2.75. The molecule has 30 heavy (non-hydrogen) atoms. The zero-order valence-electron chi connectivity index (χ0n) is 18.0. The Morgan fingerprint density at radius 3 is 2.50 bits per heavy atom. The second kappa shape index (κ2) is 10.3. The standard InChI is InChI=1S/C24H31N3O3/c1-17-11-13-27(14-12-17)22-10-9-20(26-23(28)16-30-3)15-21(22)24(29)25-18(2)19-7-5-4-6-8-19/h4-10,15,17-18H,11-14,16H2,1-3H3,(H,25,29)(H,26,28). The first kappa shape index (κ1) is 21.8. The van der Waals surface area contributed by atoms with Crippen LogP contribution >= 0.6 is 0 Å². The van der Waals surface area contributed by atoms with Crippen molar-refractivity contribution in [2.75, 3.05) is 37.0 Å². The summed E-state index contributed by atoms with van der Waals surface area (Å²) >= 11 is 0. The van der Waals surface area contributed by atoms with Crippen molar-refractivity contribution in [1.29, 1.82) is 0 Å². The molecule has 1 aliphatic rings. The number of anilines is 2. The Bertz CT molecular complexity index is 861. The normalized spacial score (nSPS) is 15.5. The summed E-state index contributed by atoms with van der Waals surface area (Å²) in [5.74, 6) is 0.299. The quantitative estimate of drug-likeness (QED) is 0.725. The van der Waals surface area contributed by atoms with E-state index >= 15 is 0 Å². The molecule has 0 spiro atoms. The third-order valence-corrected chi connectivity index (χ3v) is 5.57.